The van der Waals surface area contributed by atoms with Crippen LogP contribution in [0.4, 0.5) is 11.4 Å². The van der Waals surface area contributed by atoms with Gasteiger partial charge in [0.05, 0.1) is 10.5 Å². The highest BCUT2D eigenvalue weighted by Gasteiger charge is 2.27. The van der Waals surface area contributed by atoms with Crippen LogP contribution in [0.2, 0.25) is 5.02 Å². The normalized spacial score (nSPS) is 14.4. The number of phenols is 1. The number of halogens is 2. The Bertz CT molecular complexity index is 869. The molecular formula is C17H15BrClN3O4. The summed E-state index contributed by atoms with van der Waals surface area (Å²) in [6.45, 7) is 1.68. The van der Waals surface area contributed by atoms with Crippen LogP contribution in [-0.2, 0) is 0 Å². The molecule has 3 rings (SSSR count). The lowest BCUT2D eigenvalue weighted by molar-refractivity contribution is -0.384. The maximum Gasteiger partial charge on any atom is 0.294 e. The van der Waals surface area contributed by atoms with Crippen molar-refractivity contribution in [3.05, 3.63) is 61.6 Å². The summed E-state index contributed by atoms with van der Waals surface area (Å²) in [5.41, 5.74) is 0.656. The zero-order valence-corrected chi connectivity index (χ0v) is 15.9. The number of nitrogens with zero attached hydrogens (tertiary/aromatic N) is 3. The molecule has 0 atom stereocenters. The third-order valence-corrected chi connectivity index (χ3v) is 4.96. The van der Waals surface area contributed by atoms with E-state index in [1.165, 1.54) is 12.1 Å². The summed E-state index contributed by atoms with van der Waals surface area (Å²) in [6.07, 6.45) is 0. The first kappa shape index (κ1) is 18.5. The quantitative estimate of drug-likeness (QED) is 0.581. The van der Waals surface area contributed by atoms with Gasteiger partial charge in [-0.3, -0.25) is 14.9 Å². The number of benzene rings is 2. The van der Waals surface area contributed by atoms with E-state index in [4.69, 9.17) is 11.6 Å². The van der Waals surface area contributed by atoms with Crippen molar-refractivity contribution in [3.8, 4) is 5.75 Å². The highest BCUT2D eigenvalue weighted by molar-refractivity contribution is 9.10. The topological polar surface area (TPSA) is 86.9 Å². The number of rotatable bonds is 3. The molecule has 0 unspecified atom stereocenters. The lowest BCUT2D eigenvalue weighted by Gasteiger charge is -2.36. The highest BCUT2D eigenvalue weighted by atomic mass is 79.9. The van der Waals surface area contributed by atoms with Crippen LogP contribution in [0, 0.1) is 10.1 Å². The summed E-state index contributed by atoms with van der Waals surface area (Å²) in [5, 5.41) is 21.5. The first-order chi connectivity index (χ1) is 12.4. The maximum absolute atomic E-state index is 12.6. The number of amides is 1. The predicted octanol–water partition coefficient (Wildman–Crippen LogP) is 3.68. The molecule has 136 valence electrons. The number of carbonyl (C=O) groups excluding carboxylic acids is 1. The molecule has 0 radical (unpaired) electrons. The summed E-state index contributed by atoms with van der Waals surface area (Å²) in [4.78, 5) is 26.9. The van der Waals surface area contributed by atoms with Gasteiger partial charge in [-0.2, -0.15) is 0 Å². The molecule has 0 saturated carbocycles. The van der Waals surface area contributed by atoms with Gasteiger partial charge in [0.1, 0.15) is 11.4 Å². The van der Waals surface area contributed by atoms with Crippen LogP contribution in [0.15, 0.2) is 40.9 Å². The summed E-state index contributed by atoms with van der Waals surface area (Å²) in [7, 11) is 0. The summed E-state index contributed by atoms with van der Waals surface area (Å²) in [6, 6.07) is 9.26. The van der Waals surface area contributed by atoms with Crippen molar-refractivity contribution in [2.24, 2.45) is 0 Å². The van der Waals surface area contributed by atoms with Crippen molar-refractivity contribution >= 4 is 44.8 Å². The Morgan fingerprint density at radius 2 is 1.85 bits per heavy atom. The van der Waals surface area contributed by atoms with E-state index in [2.05, 4.69) is 15.9 Å². The Labute approximate surface area is 163 Å². The average Bonchev–Trinajstić information content (AvgIpc) is 2.63. The SMILES string of the molecule is O=C(c1cc(Br)ccc1O)N1CCN(c2ccc(Cl)cc2[N+](=O)[O-])CC1. The monoisotopic (exact) mass is 439 g/mol. The molecule has 1 aliphatic heterocycles. The van der Waals surface area contributed by atoms with E-state index in [1.807, 2.05) is 4.90 Å². The van der Waals surface area contributed by atoms with Gasteiger partial charge >= 0.3 is 0 Å². The van der Waals surface area contributed by atoms with Gasteiger partial charge in [0, 0.05) is 41.7 Å². The Kier molecular flexibility index (Phi) is 5.33. The summed E-state index contributed by atoms with van der Waals surface area (Å²) in [5.74, 6) is -0.344. The number of hydrogen-bond acceptors (Lipinski definition) is 5. The van der Waals surface area contributed by atoms with Crippen molar-refractivity contribution < 1.29 is 14.8 Å². The van der Waals surface area contributed by atoms with Crippen molar-refractivity contribution in [1.29, 1.82) is 0 Å². The van der Waals surface area contributed by atoms with Gasteiger partial charge in [0.2, 0.25) is 0 Å². The zero-order valence-electron chi connectivity index (χ0n) is 13.6. The standard InChI is InChI=1S/C17H15BrClN3O4/c18-11-1-4-16(23)13(9-11)17(24)21-7-5-20(6-8-21)14-3-2-12(19)10-15(14)22(25)26/h1-4,9-10,23H,5-8H2. The number of nitro groups is 1. The molecule has 7 nitrogen and oxygen atoms in total. The second kappa shape index (κ2) is 7.51. The first-order valence-corrected chi connectivity index (χ1v) is 9.00. The van der Waals surface area contributed by atoms with E-state index in [0.717, 1.165) is 0 Å². The van der Waals surface area contributed by atoms with Gasteiger partial charge in [-0.05, 0) is 30.3 Å². The second-order valence-electron chi connectivity index (χ2n) is 5.83. The molecule has 0 aliphatic carbocycles. The lowest BCUT2D eigenvalue weighted by Crippen LogP contribution is -2.49. The van der Waals surface area contributed by atoms with E-state index < -0.39 is 4.92 Å². The molecule has 1 amide bonds. The number of hydrogen-bond donors (Lipinski definition) is 1. The van der Waals surface area contributed by atoms with Gasteiger partial charge < -0.3 is 14.9 Å². The Morgan fingerprint density at radius 1 is 1.15 bits per heavy atom. The summed E-state index contributed by atoms with van der Waals surface area (Å²) >= 11 is 9.15. The largest absolute Gasteiger partial charge is 0.507 e. The molecule has 1 saturated heterocycles. The first-order valence-electron chi connectivity index (χ1n) is 7.83. The minimum absolute atomic E-state index is 0.0538. The van der Waals surface area contributed by atoms with Crippen molar-refractivity contribution in [1.82, 2.24) is 4.90 Å². The Morgan fingerprint density at radius 3 is 2.50 bits per heavy atom. The molecule has 2 aromatic carbocycles. The molecule has 1 fully saturated rings. The lowest BCUT2D eigenvalue weighted by atomic mass is 10.1. The van der Waals surface area contributed by atoms with Crippen LogP contribution in [-0.4, -0.2) is 47.0 Å². The van der Waals surface area contributed by atoms with E-state index in [-0.39, 0.29) is 22.9 Å². The average molecular weight is 441 g/mol. The number of aromatic hydroxyl groups is 1. The van der Waals surface area contributed by atoms with Gasteiger partial charge in [0.25, 0.3) is 11.6 Å². The Hall–Kier alpha value is -2.32. The van der Waals surface area contributed by atoms with Gasteiger partial charge in [-0.25, -0.2) is 0 Å². The number of piperazine rings is 1. The molecule has 0 spiro atoms. The minimum Gasteiger partial charge on any atom is -0.507 e. The fraction of sp³-hybridized carbons (Fsp3) is 0.235. The van der Waals surface area contributed by atoms with E-state index in [9.17, 15) is 20.0 Å². The van der Waals surface area contributed by atoms with Crippen molar-refractivity contribution in [2.45, 2.75) is 0 Å². The number of carbonyl (C=O) groups is 1. The third kappa shape index (κ3) is 3.76. The minimum atomic E-state index is -0.460. The van der Waals surface area contributed by atoms with Crippen LogP contribution >= 0.6 is 27.5 Å². The molecule has 0 aromatic heterocycles. The van der Waals surface area contributed by atoms with Crippen LogP contribution in [0.3, 0.4) is 0 Å². The van der Waals surface area contributed by atoms with Crippen LogP contribution < -0.4 is 4.90 Å². The van der Waals surface area contributed by atoms with Crippen LogP contribution in [0.1, 0.15) is 10.4 Å². The van der Waals surface area contributed by atoms with E-state index >= 15 is 0 Å². The van der Waals surface area contributed by atoms with Crippen LogP contribution in [0.25, 0.3) is 0 Å². The van der Waals surface area contributed by atoms with Gasteiger partial charge in [-0.15, -0.1) is 0 Å². The summed E-state index contributed by atoms with van der Waals surface area (Å²) < 4.78 is 0.703. The third-order valence-electron chi connectivity index (χ3n) is 4.23. The molecular weight excluding hydrogens is 426 g/mol. The Balaban J connectivity index is 1.75. The molecule has 1 heterocycles. The van der Waals surface area contributed by atoms with E-state index in [1.54, 1.807) is 29.2 Å². The number of nitro benzene ring substituents is 1. The fourth-order valence-electron chi connectivity index (χ4n) is 2.91. The predicted molar refractivity (Wildman–Crippen MR) is 102 cm³/mol. The number of anilines is 1. The molecule has 9 heteroatoms. The second-order valence-corrected chi connectivity index (χ2v) is 7.18. The van der Waals surface area contributed by atoms with Gasteiger partial charge in [0.15, 0.2) is 0 Å². The molecule has 2 aromatic rings. The number of phenolic OH excluding ortho intramolecular Hbond substituents is 1. The zero-order chi connectivity index (χ0) is 18.8. The van der Waals surface area contributed by atoms with Crippen LogP contribution in [0.5, 0.6) is 5.75 Å². The van der Waals surface area contributed by atoms with E-state index in [0.29, 0.717) is 41.4 Å². The smallest absolute Gasteiger partial charge is 0.294 e. The van der Waals surface area contributed by atoms with Crippen molar-refractivity contribution in [2.75, 3.05) is 31.1 Å². The molecule has 1 aliphatic rings. The molecule has 26 heavy (non-hydrogen) atoms. The van der Waals surface area contributed by atoms with Crippen molar-refractivity contribution in [3.63, 3.8) is 0 Å². The maximum atomic E-state index is 12.6. The molecule has 1 N–H and O–H groups in total. The molecule has 0 bridgehead atoms. The fourth-order valence-corrected chi connectivity index (χ4v) is 3.44. The van der Waals surface area contributed by atoms with Gasteiger partial charge in [-0.1, -0.05) is 27.5 Å². The highest BCUT2D eigenvalue weighted by Crippen LogP contribution is 2.32.